The molecule has 0 saturated carbocycles. The van der Waals surface area contributed by atoms with Crippen LogP contribution in [0.25, 0.3) is 0 Å². The number of nitrogens with one attached hydrogen (secondary N) is 2. The van der Waals surface area contributed by atoms with Gasteiger partial charge in [-0.2, -0.15) is 0 Å². The minimum atomic E-state index is 0. The van der Waals surface area contributed by atoms with E-state index >= 15 is 0 Å². The number of aryl methyl sites for hydroxylation is 2. The number of amides is 1. The Morgan fingerprint density at radius 1 is 1.32 bits per heavy atom. The summed E-state index contributed by atoms with van der Waals surface area (Å²) in [7, 11) is 0. The number of anilines is 1. The standard InChI is InChI=1S/C17H25N3O.ClH/c1-12-4-3-5-13(2)17(12)19-16(21)11-20-9-7-15-14(10-20)6-8-18-15;/h3-5,14-15,18H,6-11H2,1-2H3,(H,19,21);1H. The Labute approximate surface area is 139 Å². The van der Waals surface area contributed by atoms with Crippen molar-refractivity contribution in [2.24, 2.45) is 5.92 Å². The van der Waals surface area contributed by atoms with E-state index in [0.717, 1.165) is 42.4 Å². The summed E-state index contributed by atoms with van der Waals surface area (Å²) in [5.41, 5.74) is 3.23. The minimum Gasteiger partial charge on any atom is -0.324 e. The molecule has 22 heavy (non-hydrogen) atoms. The fourth-order valence-electron chi connectivity index (χ4n) is 3.66. The lowest BCUT2D eigenvalue weighted by molar-refractivity contribution is -0.117. The Bertz CT molecular complexity index is 514. The molecular weight excluding hydrogens is 298 g/mol. The minimum absolute atomic E-state index is 0. The number of rotatable bonds is 3. The summed E-state index contributed by atoms with van der Waals surface area (Å²) in [4.78, 5) is 14.6. The Balaban J connectivity index is 0.00000176. The Kier molecular flexibility index (Phi) is 5.84. The topological polar surface area (TPSA) is 44.4 Å². The summed E-state index contributed by atoms with van der Waals surface area (Å²) in [6, 6.07) is 6.79. The molecule has 0 aromatic heterocycles. The summed E-state index contributed by atoms with van der Waals surface area (Å²) < 4.78 is 0. The normalized spacial score (nSPS) is 24.5. The van der Waals surface area contributed by atoms with E-state index in [-0.39, 0.29) is 18.3 Å². The molecule has 2 atom stereocenters. The maximum absolute atomic E-state index is 12.3. The van der Waals surface area contributed by atoms with E-state index in [1.807, 2.05) is 32.0 Å². The fraction of sp³-hybridized carbons (Fsp3) is 0.588. The quantitative estimate of drug-likeness (QED) is 0.897. The molecule has 0 spiro atoms. The Hall–Kier alpha value is -1.10. The average Bonchev–Trinajstić information content (AvgIpc) is 2.90. The van der Waals surface area contributed by atoms with Crippen molar-refractivity contribution >= 4 is 24.0 Å². The van der Waals surface area contributed by atoms with E-state index < -0.39 is 0 Å². The summed E-state index contributed by atoms with van der Waals surface area (Å²) in [5, 5.41) is 6.65. The van der Waals surface area contributed by atoms with Gasteiger partial charge in [-0.05, 0) is 50.3 Å². The monoisotopic (exact) mass is 323 g/mol. The van der Waals surface area contributed by atoms with Gasteiger partial charge in [0.05, 0.1) is 6.54 Å². The molecule has 2 saturated heterocycles. The second kappa shape index (κ2) is 7.44. The summed E-state index contributed by atoms with van der Waals surface area (Å²) in [6.45, 7) is 7.80. The highest BCUT2D eigenvalue weighted by Crippen LogP contribution is 2.24. The number of halogens is 1. The van der Waals surface area contributed by atoms with Crippen LogP contribution in [0.5, 0.6) is 0 Å². The molecule has 2 aliphatic rings. The van der Waals surface area contributed by atoms with Gasteiger partial charge < -0.3 is 10.6 Å². The number of benzene rings is 1. The third-order valence-corrected chi connectivity index (χ3v) is 4.85. The van der Waals surface area contributed by atoms with Crippen molar-refractivity contribution in [1.82, 2.24) is 10.2 Å². The van der Waals surface area contributed by atoms with E-state index in [1.54, 1.807) is 0 Å². The van der Waals surface area contributed by atoms with Gasteiger partial charge in [-0.25, -0.2) is 0 Å². The first kappa shape index (κ1) is 17.3. The molecule has 2 N–H and O–H groups in total. The fourth-order valence-corrected chi connectivity index (χ4v) is 3.66. The van der Waals surface area contributed by atoms with Gasteiger partial charge in [0, 0.05) is 24.8 Å². The number of nitrogens with zero attached hydrogens (tertiary/aromatic N) is 1. The number of piperidine rings is 1. The smallest absolute Gasteiger partial charge is 0.238 e. The average molecular weight is 324 g/mol. The first-order valence-corrected chi connectivity index (χ1v) is 7.95. The van der Waals surface area contributed by atoms with E-state index in [9.17, 15) is 4.79 Å². The highest BCUT2D eigenvalue weighted by molar-refractivity contribution is 5.93. The number of carbonyl (C=O) groups excluding carboxylic acids is 1. The van der Waals surface area contributed by atoms with Crippen LogP contribution in [0.4, 0.5) is 5.69 Å². The van der Waals surface area contributed by atoms with Gasteiger partial charge >= 0.3 is 0 Å². The number of hydrogen-bond acceptors (Lipinski definition) is 3. The molecule has 2 aliphatic heterocycles. The van der Waals surface area contributed by atoms with Crippen molar-refractivity contribution in [3.05, 3.63) is 29.3 Å². The Morgan fingerprint density at radius 3 is 2.77 bits per heavy atom. The lowest BCUT2D eigenvalue weighted by Gasteiger charge is -2.34. The van der Waals surface area contributed by atoms with E-state index in [1.165, 1.54) is 12.8 Å². The number of likely N-dealkylation sites (tertiary alicyclic amines) is 1. The molecular formula is C17H26ClN3O. The maximum atomic E-state index is 12.3. The maximum Gasteiger partial charge on any atom is 0.238 e. The SMILES string of the molecule is Cc1cccc(C)c1NC(=O)CN1CCC2NCCC2C1.Cl. The molecule has 3 rings (SSSR count). The van der Waals surface area contributed by atoms with Crippen LogP contribution in [-0.4, -0.2) is 43.0 Å². The molecule has 5 heteroatoms. The van der Waals surface area contributed by atoms with Crippen LogP contribution in [-0.2, 0) is 4.79 Å². The lowest BCUT2D eigenvalue weighted by Crippen LogP contribution is -2.46. The van der Waals surface area contributed by atoms with Crippen molar-refractivity contribution in [3.63, 3.8) is 0 Å². The second-order valence-electron chi connectivity index (χ2n) is 6.45. The van der Waals surface area contributed by atoms with Crippen LogP contribution in [0.2, 0.25) is 0 Å². The van der Waals surface area contributed by atoms with Gasteiger partial charge in [0.2, 0.25) is 5.91 Å². The predicted octanol–water partition coefficient (Wildman–Crippen LogP) is 2.35. The van der Waals surface area contributed by atoms with Gasteiger partial charge in [-0.1, -0.05) is 18.2 Å². The van der Waals surface area contributed by atoms with Gasteiger partial charge in [-0.15, -0.1) is 12.4 Å². The van der Waals surface area contributed by atoms with E-state index in [4.69, 9.17) is 0 Å². The predicted molar refractivity (Wildman–Crippen MR) is 92.7 cm³/mol. The van der Waals surface area contributed by atoms with E-state index in [2.05, 4.69) is 15.5 Å². The highest BCUT2D eigenvalue weighted by atomic mass is 35.5. The molecule has 2 heterocycles. The first-order chi connectivity index (χ1) is 10.1. The second-order valence-corrected chi connectivity index (χ2v) is 6.45. The van der Waals surface area contributed by atoms with Gasteiger partial charge in [-0.3, -0.25) is 9.69 Å². The van der Waals surface area contributed by atoms with Crippen LogP contribution < -0.4 is 10.6 Å². The zero-order valence-electron chi connectivity index (χ0n) is 13.4. The molecule has 2 fully saturated rings. The third kappa shape index (κ3) is 3.80. The molecule has 4 nitrogen and oxygen atoms in total. The molecule has 1 aromatic rings. The molecule has 1 amide bonds. The summed E-state index contributed by atoms with van der Waals surface area (Å²) in [6.07, 6.45) is 2.42. The molecule has 1 aromatic carbocycles. The van der Waals surface area contributed by atoms with Crippen LogP contribution in [0.1, 0.15) is 24.0 Å². The number of para-hydroxylation sites is 1. The van der Waals surface area contributed by atoms with Crippen molar-refractivity contribution in [1.29, 1.82) is 0 Å². The lowest BCUT2D eigenvalue weighted by atomic mass is 9.93. The largest absolute Gasteiger partial charge is 0.324 e. The van der Waals surface area contributed by atoms with Gasteiger partial charge in [0.15, 0.2) is 0 Å². The van der Waals surface area contributed by atoms with E-state index in [0.29, 0.717) is 12.6 Å². The number of carbonyl (C=O) groups is 1. The zero-order valence-corrected chi connectivity index (χ0v) is 14.2. The Morgan fingerprint density at radius 2 is 2.05 bits per heavy atom. The van der Waals surface area contributed by atoms with Gasteiger partial charge in [0.1, 0.15) is 0 Å². The number of fused-ring (bicyclic) bond motifs is 1. The van der Waals surface area contributed by atoms with Crippen molar-refractivity contribution in [2.45, 2.75) is 32.7 Å². The summed E-state index contributed by atoms with van der Waals surface area (Å²) in [5.74, 6) is 0.837. The van der Waals surface area contributed by atoms with Crippen molar-refractivity contribution in [3.8, 4) is 0 Å². The van der Waals surface area contributed by atoms with Crippen molar-refractivity contribution in [2.75, 3.05) is 31.5 Å². The van der Waals surface area contributed by atoms with Crippen molar-refractivity contribution < 1.29 is 4.79 Å². The molecule has 0 radical (unpaired) electrons. The molecule has 0 bridgehead atoms. The van der Waals surface area contributed by atoms with Gasteiger partial charge in [0.25, 0.3) is 0 Å². The number of hydrogen-bond donors (Lipinski definition) is 2. The van der Waals surface area contributed by atoms with Crippen LogP contribution in [0, 0.1) is 19.8 Å². The molecule has 122 valence electrons. The van der Waals surface area contributed by atoms with Crippen LogP contribution >= 0.6 is 12.4 Å². The third-order valence-electron chi connectivity index (χ3n) is 4.85. The summed E-state index contributed by atoms with van der Waals surface area (Å²) >= 11 is 0. The molecule has 0 aliphatic carbocycles. The van der Waals surface area contributed by atoms with Crippen LogP contribution in [0.3, 0.4) is 0 Å². The molecule has 2 unspecified atom stereocenters. The highest BCUT2D eigenvalue weighted by Gasteiger charge is 2.32. The first-order valence-electron chi connectivity index (χ1n) is 7.95. The zero-order chi connectivity index (χ0) is 14.8. The van der Waals surface area contributed by atoms with Crippen LogP contribution in [0.15, 0.2) is 18.2 Å².